The quantitative estimate of drug-likeness (QED) is 0.639. The number of hydrogen-bond acceptors (Lipinski definition) is 2. The molecule has 0 aromatic rings. The molecule has 0 aromatic heterocycles. The summed E-state index contributed by atoms with van der Waals surface area (Å²) in [7, 11) is 0. The van der Waals surface area contributed by atoms with Crippen LogP contribution in [0.5, 0.6) is 0 Å². The molecule has 0 rings (SSSR count). The lowest BCUT2D eigenvalue weighted by molar-refractivity contribution is 0.0656. The molecule has 2 heteroatoms. The molecule has 0 aromatic carbocycles. The van der Waals surface area contributed by atoms with Gasteiger partial charge in [0.25, 0.3) is 0 Å². The van der Waals surface area contributed by atoms with Crippen LogP contribution in [0.15, 0.2) is 0 Å². The van der Waals surface area contributed by atoms with Crippen LogP contribution in [0.4, 0.5) is 0 Å². The second-order valence-corrected chi connectivity index (χ2v) is 4.64. The molecular formula is C13H29NO. The van der Waals surface area contributed by atoms with Crippen molar-refractivity contribution in [2.45, 2.75) is 53.4 Å². The molecule has 0 atom stereocenters. The average molecular weight is 215 g/mol. The Labute approximate surface area is 95.7 Å². The Morgan fingerprint density at radius 1 is 0.933 bits per heavy atom. The second kappa shape index (κ2) is 8.12. The number of rotatable bonds is 9. The molecule has 0 radical (unpaired) electrons. The molecule has 0 aliphatic rings. The van der Waals surface area contributed by atoms with Crippen molar-refractivity contribution in [3.63, 3.8) is 0 Å². The van der Waals surface area contributed by atoms with Crippen molar-refractivity contribution < 1.29 is 5.11 Å². The molecule has 0 saturated heterocycles. The maximum atomic E-state index is 9.54. The highest BCUT2D eigenvalue weighted by atomic mass is 16.3. The normalized spacial score (nSPS) is 12.4. The lowest BCUT2D eigenvalue weighted by atomic mass is 9.82. The monoisotopic (exact) mass is 215 g/mol. The van der Waals surface area contributed by atoms with Gasteiger partial charge in [-0.1, -0.05) is 27.7 Å². The Kier molecular flexibility index (Phi) is 8.07. The molecule has 0 heterocycles. The SMILES string of the molecule is CCCN(CCC)CC(CC)(CC)CO. The van der Waals surface area contributed by atoms with Gasteiger partial charge in [-0.2, -0.15) is 0 Å². The standard InChI is InChI=1S/C13H29NO/c1-5-9-14(10-6-2)11-13(7-3,8-4)12-15/h15H,5-12H2,1-4H3. The van der Waals surface area contributed by atoms with Crippen molar-refractivity contribution in [1.29, 1.82) is 0 Å². The van der Waals surface area contributed by atoms with Crippen LogP contribution in [-0.4, -0.2) is 36.2 Å². The van der Waals surface area contributed by atoms with Gasteiger partial charge in [0.2, 0.25) is 0 Å². The minimum Gasteiger partial charge on any atom is -0.396 e. The Balaban J connectivity index is 4.30. The van der Waals surface area contributed by atoms with Crippen LogP contribution in [0.25, 0.3) is 0 Å². The summed E-state index contributed by atoms with van der Waals surface area (Å²) in [5.74, 6) is 0. The zero-order chi connectivity index (χ0) is 11.7. The Morgan fingerprint density at radius 2 is 1.40 bits per heavy atom. The zero-order valence-corrected chi connectivity index (χ0v) is 11.1. The van der Waals surface area contributed by atoms with E-state index < -0.39 is 0 Å². The summed E-state index contributed by atoms with van der Waals surface area (Å²) in [6, 6.07) is 0. The number of aliphatic hydroxyl groups excluding tert-OH is 1. The molecule has 0 fully saturated rings. The fraction of sp³-hybridized carbons (Fsp3) is 1.00. The van der Waals surface area contributed by atoms with Crippen molar-refractivity contribution in [3.05, 3.63) is 0 Å². The van der Waals surface area contributed by atoms with Crippen LogP contribution >= 0.6 is 0 Å². The first-order valence-electron chi connectivity index (χ1n) is 6.51. The molecule has 2 nitrogen and oxygen atoms in total. The van der Waals surface area contributed by atoms with E-state index >= 15 is 0 Å². The molecule has 15 heavy (non-hydrogen) atoms. The Morgan fingerprint density at radius 3 is 1.67 bits per heavy atom. The molecule has 1 N–H and O–H groups in total. The summed E-state index contributed by atoms with van der Waals surface area (Å²) in [5, 5.41) is 9.54. The van der Waals surface area contributed by atoms with E-state index in [1.54, 1.807) is 0 Å². The van der Waals surface area contributed by atoms with E-state index in [2.05, 4.69) is 32.6 Å². The molecule has 0 unspecified atom stereocenters. The largest absolute Gasteiger partial charge is 0.396 e. The van der Waals surface area contributed by atoms with Gasteiger partial charge in [0.05, 0.1) is 0 Å². The van der Waals surface area contributed by atoms with Gasteiger partial charge in [0.1, 0.15) is 0 Å². The first-order valence-corrected chi connectivity index (χ1v) is 6.51. The van der Waals surface area contributed by atoms with E-state index in [1.165, 1.54) is 12.8 Å². The average Bonchev–Trinajstić information content (AvgIpc) is 2.27. The van der Waals surface area contributed by atoms with Crippen molar-refractivity contribution in [1.82, 2.24) is 4.90 Å². The lowest BCUT2D eigenvalue weighted by Crippen LogP contribution is -2.40. The summed E-state index contributed by atoms with van der Waals surface area (Å²) in [6.45, 7) is 12.5. The number of nitrogens with zero attached hydrogens (tertiary/aromatic N) is 1. The van der Waals surface area contributed by atoms with Crippen LogP contribution in [0.2, 0.25) is 0 Å². The molecule has 0 saturated carbocycles. The second-order valence-electron chi connectivity index (χ2n) is 4.64. The summed E-state index contributed by atoms with van der Waals surface area (Å²) in [5.41, 5.74) is 0.129. The Bertz CT molecular complexity index is 129. The summed E-state index contributed by atoms with van der Waals surface area (Å²) in [4.78, 5) is 2.50. The van der Waals surface area contributed by atoms with Gasteiger partial charge in [-0.05, 0) is 38.8 Å². The van der Waals surface area contributed by atoms with E-state index in [9.17, 15) is 5.11 Å². The molecular weight excluding hydrogens is 186 g/mol. The lowest BCUT2D eigenvalue weighted by Gasteiger charge is -2.35. The van der Waals surface area contributed by atoms with Crippen LogP contribution < -0.4 is 0 Å². The van der Waals surface area contributed by atoms with Crippen LogP contribution in [0, 0.1) is 5.41 Å². The topological polar surface area (TPSA) is 23.5 Å². The first kappa shape index (κ1) is 14.9. The first-order chi connectivity index (χ1) is 7.17. The van der Waals surface area contributed by atoms with E-state index in [1.807, 2.05) is 0 Å². The molecule has 0 aliphatic carbocycles. The van der Waals surface area contributed by atoms with Crippen molar-refractivity contribution in [3.8, 4) is 0 Å². The van der Waals surface area contributed by atoms with Crippen LogP contribution in [0.3, 0.4) is 0 Å². The third-order valence-corrected chi connectivity index (χ3v) is 3.47. The third-order valence-electron chi connectivity index (χ3n) is 3.47. The van der Waals surface area contributed by atoms with Crippen molar-refractivity contribution >= 4 is 0 Å². The van der Waals surface area contributed by atoms with Gasteiger partial charge in [-0.15, -0.1) is 0 Å². The van der Waals surface area contributed by atoms with E-state index in [0.717, 1.165) is 32.5 Å². The summed E-state index contributed by atoms with van der Waals surface area (Å²) >= 11 is 0. The van der Waals surface area contributed by atoms with Gasteiger partial charge < -0.3 is 10.0 Å². The van der Waals surface area contributed by atoms with Gasteiger partial charge in [-0.3, -0.25) is 0 Å². The summed E-state index contributed by atoms with van der Waals surface area (Å²) in [6.07, 6.45) is 4.55. The predicted octanol–water partition coefficient (Wildman–Crippen LogP) is 2.91. The zero-order valence-electron chi connectivity index (χ0n) is 11.1. The van der Waals surface area contributed by atoms with Crippen molar-refractivity contribution in [2.75, 3.05) is 26.2 Å². The minimum absolute atomic E-state index is 0.129. The third kappa shape index (κ3) is 4.98. The fourth-order valence-electron chi connectivity index (χ4n) is 2.12. The van der Waals surface area contributed by atoms with Gasteiger partial charge in [0.15, 0.2) is 0 Å². The smallest absolute Gasteiger partial charge is 0.0499 e. The fourth-order valence-corrected chi connectivity index (χ4v) is 2.12. The molecule has 0 spiro atoms. The Hall–Kier alpha value is -0.0800. The predicted molar refractivity (Wildman–Crippen MR) is 67.1 cm³/mol. The van der Waals surface area contributed by atoms with E-state index in [0.29, 0.717) is 6.61 Å². The molecule has 0 amide bonds. The van der Waals surface area contributed by atoms with E-state index in [4.69, 9.17) is 0 Å². The van der Waals surface area contributed by atoms with Crippen molar-refractivity contribution in [2.24, 2.45) is 5.41 Å². The highest BCUT2D eigenvalue weighted by molar-refractivity contribution is 4.79. The van der Waals surface area contributed by atoms with E-state index in [-0.39, 0.29) is 5.41 Å². The number of aliphatic hydroxyl groups is 1. The van der Waals surface area contributed by atoms with Gasteiger partial charge >= 0.3 is 0 Å². The number of hydrogen-bond donors (Lipinski definition) is 1. The minimum atomic E-state index is 0.129. The highest BCUT2D eigenvalue weighted by Crippen LogP contribution is 2.27. The highest BCUT2D eigenvalue weighted by Gasteiger charge is 2.27. The maximum Gasteiger partial charge on any atom is 0.0499 e. The summed E-state index contributed by atoms with van der Waals surface area (Å²) < 4.78 is 0. The van der Waals surface area contributed by atoms with Gasteiger partial charge in [0, 0.05) is 18.6 Å². The van der Waals surface area contributed by atoms with Gasteiger partial charge in [-0.25, -0.2) is 0 Å². The molecule has 0 bridgehead atoms. The van der Waals surface area contributed by atoms with Crippen LogP contribution in [-0.2, 0) is 0 Å². The molecule has 92 valence electrons. The molecule has 0 aliphatic heterocycles. The van der Waals surface area contributed by atoms with Crippen LogP contribution in [0.1, 0.15) is 53.4 Å². The maximum absolute atomic E-state index is 9.54.